The molecule has 5 nitrogen and oxygen atoms in total. The molecule has 3 aromatic rings. The molecular formula is C20H23N3O2. The number of carbonyl (C=O) groups excluding carboxylic acids is 1. The van der Waals surface area contributed by atoms with Crippen molar-refractivity contribution < 1.29 is 9.32 Å². The molecule has 0 saturated heterocycles. The van der Waals surface area contributed by atoms with Crippen LogP contribution in [-0.4, -0.2) is 16.0 Å². The van der Waals surface area contributed by atoms with Gasteiger partial charge in [0.25, 0.3) is 0 Å². The monoisotopic (exact) mass is 337 g/mol. The number of nitrogens with one attached hydrogen (secondary N) is 1. The van der Waals surface area contributed by atoms with E-state index < -0.39 is 0 Å². The van der Waals surface area contributed by atoms with E-state index in [0.29, 0.717) is 17.9 Å². The third-order valence-electron chi connectivity index (χ3n) is 4.39. The second-order valence-electron chi connectivity index (χ2n) is 6.74. The minimum atomic E-state index is -0.197. The topological polar surface area (TPSA) is 68.0 Å². The first-order chi connectivity index (χ1) is 11.9. The van der Waals surface area contributed by atoms with Gasteiger partial charge in [0.1, 0.15) is 0 Å². The Balaban J connectivity index is 1.64. The van der Waals surface area contributed by atoms with Crippen LogP contribution in [-0.2, 0) is 11.2 Å². The van der Waals surface area contributed by atoms with E-state index in [1.165, 1.54) is 5.56 Å². The Morgan fingerprint density at radius 1 is 1.20 bits per heavy atom. The fourth-order valence-electron chi connectivity index (χ4n) is 2.78. The van der Waals surface area contributed by atoms with E-state index in [2.05, 4.69) is 41.4 Å². The zero-order valence-electron chi connectivity index (χ0n) is 15.0. The molecule has 1 aromatic carbocycles. The summed E-state index contributed by atoms with van der Waals surface area (Å²) in [7, 11) is 0. The Morgan fingerprint density at radius 3 is 2.60 bits per heavy atom. The van der Waals surface area contributed by atoms with Gasteiger partial charge in [-0.3, -0.25) is 9.78 Å². The predicted octanol–water partition coefficient (Wildman–Crippen LogP) is 4.07. The van der Waals surface area contributed by atoms with Gasteiger partial charge in [-0.05, 0) is 30.9 Å². The van der Waals surface area contributed by atoms with Gasteiger partial charge >= 0.3 is 0 Å². The van der Waals surface area contributed by atoms with E-state index in [4.69, 9.17) is 4.52 Å². The van der Waals surface area contributed by atoms with Crippen LogP contribution in [0.3, 0.4) is 0 Å². The largest absolute Gasteiger partial charge is 0.356 e. The van der Waals surface area contributed by atoms with Crippen LogP contribution in [0, 0.1) is 6.92 Å². The molecule has 1 unspecified atom stereocenters. The number of hydrogen-bond acceptors (Lipinski definition) is 4. The van der Waals surface area contributed by atoms with E-state index in [0.717, 1.165) is 22.3 Å². The lowest BCUT2D eigenvalue weighted by Gasteiger charge is -2.13. The fourth-order valence-corrected chi connectivity index (χ4v) is 2.78. The molecule has 25 heavy (non-hydrogen) atoms. The second-order valence-corrected chi connectivity index (χ2v) is 6.74. The zero-order chi connectivity index (χ0) is 18.0. The first-order valence-corrected chi connectivity index (χ1v) is 8.54. The highest BCUT2D eigenvalue weighted by Gasteiger charge is 2.14. The third kappa shape index (κ3) is 3.87. The molecular weight excluding hydrogens is 314 g/mol. The van der Waals surface area contributed by atoms with E-state index >= 15 is 0 Å². The molecule has 1 N–H and O–H groups in total. The summed E-state index contributed by atoms with van der Waals surface area (Å²) in [6, 6.07) is 9.83. The number of carbonyl (C=O) groups is 1. The first-order valence-electron chi connectivity index (χ1n) is 8.54. The number of benzene rings is 1. The van der Waals surface area contributed by atoms with Crippen molar-refractivity contribution >= 4 is 16.9 Å². The minimum absolute atomic E-state index is 0.0274. The number of amides is 1. The van der Waals surface area contributed by atoms with Crippen LogP contribution < -0.4 is 5.32 Å². The fraction of sp³-hybridized carbons (Fsp3) is 0.350. The smallest absolute Gasteiger partial charge is 0.224 e. The van der Waals surface area contributed by atoms with Crippen molar-refractivity contribution in [2.75, 3.05) is 0 Å². The van der Waals surface area contributed by atoms with E-state index in [9.17, 15) is 4.79 Å². The quantitative estimate of drug-likeness (QED) is 0.762. The van der Waals surface area contributed by atoms with Crippen molar-refractivity contribution in [3.05, 3.63) is 59.0 Å². The Kier molecular flexibility index (Phi) is 4.83. The number of aromatic nitrogens is 2. The van der Waals surface area contributed by atoms with Gasteiger partial charge in [-0.1, -0.05) is 43.3 Å². The van der Waals surface area contributed by atoms with Crippen molar-refractivity contribution in [2.45, 2.75) is 46.1 Å². The number of aryl methyl sites for hydroxylation is 1. The molecule has 2 aromatic heterocycles. The molecule has 0 aliphatic heterocycles. The summed E-state index contributed by atoms with van der Waals surface area (Å²) in [6.07, 6.45) is 2.09. The summed E-state index contributed by atoms with van der Waals surface area (Å²) in [4.78, 5) is 16.7. The molecule has 3 rings (SSSR count). The number of nitrogens with zero attached hydrogens (tertiary/aromatic N) is 2. The summed E-state index contributed by atoms with van der Waals surface area (Å²) in [5.41, 5.74) is 4.54. The van der Waals surface area contributed by atoms with Crippen molar-refractivity contribution in [2.24, 2.45) is 0 Å². The SMILES string of the molecule is Cc1noc2cc(C(C)NC(=O)Cc3ccc(C(C)C)cc3)ncc12. The summed E-state index contributed by atoms with van der Waals surface area (Å²) in [6.45, 7) is 8.10. The van der Waals surface area contributed by atoms with Gasteiger partial charge in [-0.15, -0.1) is 0 Å². The molecule has 0 fully saturated rings. The molecule has 1 amide bonds. The normalized spacial score (nSPS) is 12.5. The maximum absolute atomic E-state index is 12.3. The first kappa shape index (κ1) is 17.1. The molecule has 2 heterocycles. The lowest BCUT2D eigenvalue weighted by Crippen LogP contribution is -2.28. The highest BCUT2D eigenvalue weighted by Crippen LogP contribution is 2.20. The molecule has 0 spiro atoms. The summed E-state index contributed by atoms with van der Waals surface area (Å²) in [5, 5.41) is 7.82. The van der Waals surface area contributed by atoms with Crippen LogP contribution in [0.4, 0.5) is 0 Å². The molecule has 130 valence electrons. The van der Waals surface area contributed by atoms with Crippen LogP contribution in [0.5, 0.6) is 0 Å². The van der Waals surface area contributed by atoms with Crippen molar-refractivity contribution in [1.29, 1.82) is 0 Å². The van der Waals surface area contributed by atoms with Gasteiger partial charge < -0.3 is 9.84 Å². The van der Waals surface area contributed by atoms with Crippen LogP contribution in [0.1, 0.15) is 55.2 Å². The van der Waals surface area contributed by atoms with Gasteiger partial charge in [0, 0.05) is 12.3 Å². The van der Waals surface area contributed by atoms with Gasteiger partial charge in [-0.25, -0.2) is 0 Å². The molecule has 0 saturated carbocycles. The Labute approximate surface area is 147 Å². The molecule has 0 aliphatic carbocycles. The summed E-state index contributed by atoms with van der Waals surface area (Å²) in [5.74, 6) is 0.462. The maximum Gasteiger partial charge on any atom is 0.224 e. The number of rotatable bonds is 5. The average molecular weight is 337 g/mol. The number of hydrogen-bond donors (Lipinski definition) is 1. The highest BCUT2D eigenvalue weighted by atomic mass is 16.5. The lowest BCUT2D eigenvalue weighted by molar-refractivity contribution is -0.121. The van der Waals surface area contributed by atoms with Crippen molar-refractivity contribution in [3.8, 4) is 0 Å². The number of pyridine rings is 1. The maximum atomic E-state index is 12.3. The molecule has 0 bridgehead atoms. The standard InChI is InChI=1S/C20H23N3O2/c1-12(2)16-7-5-15(6-8-16)9-20(24)22-14(4)18-10-19-17(11-21-18)13(3)23-25-19/h5-8,10-12,14H,9H2,1-4H3,(H,22,24). The van der Waals surface area contributed by atoms with E-state index in [1.54, 1.807) is 6.20 Å². The van der Waals surface area contributed by atoms with Gasteiger partial charge in [0.2, 0.25) is 5.91 Å². The highest BCUT2D eigenvalue weighted by molar-refractivity contribution is 5.80. The molecule has 1 atom stereocenters. The summed E-state index contributed by atoms with van der Waals surface area (Å²) < 4.78 is 5.27. The molecule has 0 radical (unpaired) electrons. The summed E-state index contributed by atoms with van der Waals surface area (Å²) >= 11 is 0. The van der Waals surface area contributed by atoms with Gasteiger partial charge in [-0.2, -0.15) is 0 Å². The zero-order valence-corrected chi connectivity index (χ0v) is 15.0. The second kappa shape index (κ2) is 7.05. The van der Waals surface area contributed by atoms with Gasteiger partial charge in [0.05, 0.1) is 29.2 Å². The molecule has 0 aliphatic rings. The Hall–Kier alpha value is -2.69. The number of fused-ring (bicyclic) bond motifs is 1. The van der Waals surface area contributed by atoms with Crippen LogP contribution in [0.15, 0.2) is 41.1 Å². The van der Waals surface area contributed by atoms with Crippen LogP contribution in [0.2, 0.25) is 0 Å². The van der Waals surface area contributed by atoms with Gasteiger partial charge in [0.15, 0.2) is 5.58 Å². The minimum Gasteiger partial charge on any atom is -0.356 e. The van der Waals surface area contributed by atoms with Crippen molar-refractivity contribution in [3.63, 3.8) is 0 Å². The van der Waals surface area contributed by atoms with E-state index in [1.807, 2.05) is 32.0 Å². The van der Waals surface area contributed by atoms with Crippen LogP contribution in [0.25, 0.3) is 11.0 Å². The molecule has 5 heteroatoms. The van der Waals surface area contributed by atoms with E-state index in [-0.39, 0.29) is 11.9 Å². The van der Waals surface area contributed by atoms with Crippen LogP contribution >= 0.6 is 0 Å². The van der Waals surface area contributed by atoms with Crippen molar-refractivity contribution in [1.82, 2.24) is 15.5 Å². The third-order valence-corrected chi connectivity index (χ3v) is 4.39. The Bertz CT molecular complexity index is 882. The average Bonchev–Trinajstić information content (AvgIpc) is 2.96. The predicted molar refractivity (Wildman–Crippen MR) is 97.3 cm³/mol. The Morgan fingerprint density at radius 2 is 1.92 bits per heavy atom. The lowest BCUT2D eigenvalue weighted by atomic mass is 10.0.